The smallest absolute Gasteiger partial charge is 0.240 e. The average Bonchev–Trinajstić information content (AvgIpc) is 3.05. The lowest BCUT2D eigenvalue weighted by atomic mass is 10.2. The van der Waals surface area contributed by atoms with Gasteiger partial charge in [-0.2, -0.15) is 5.10 Å². The molecule has 3 N–H and O–H groups in total. The quantitative estimate of drug-likeness (QED) is 0.471. The van der Waals surface area contributed by atoms with E-state index < -0.39 is 0 Å². The third-order valence-electron chi connectivity index (χ3n) is 4.01. The van der Waals surface area contributed by atoms with Crippen LogP contribution in [0.15, 0.2) is 59.8 Å². The van der Waals surface area contributed by atoms with Gasteiger partial charge in [0.15, 0.2) is 0 Å². The number of rotatable bonds is 6. The minimum absolute atomic E-state index is 0.0724. The number of carbonyl (C=O) groups is 2. The van der Waals surface area contributed by atoms with Gasteiger partial charge >= 0.3 is 0 Å². The van der Waals surface area contributed by atoms with Crippen molar-refractivity contribution >= 4 is 34.6 Å². The number of aromatic nitrogens is 1. The molecule has 0 atom stereocenters. The molecule has 0 saturated heterocycles. The number of H-pyrrole nitrogens is 1. The Labute approximate surface area is 151 Å². The van der Waals surface area contributed by atoms with E-state index in [1.165, 1.54) is 0 Å². The van der Waals surface area contributed by atoms with Crippen LogP contribution < -0.4 is 10.7 Å². The van der Waals surface area contributed by atoms with Gasteiger partial charge in [0.1, 0.15) is 0 Å². The molecular formula is C20H20N4O2. The highest BCUT2D eigenvalue weighted by atomic mass is 16.2. The number of hydrogen-bond acceptors (Lipinski definition) is 3. The van der Waals surface area contributed by atoms with Crippen molar-refractivity contribution in [1.82, 2.24) is 10.4 Å². The number of carbonyl (C=O) groups excluding carboxylic acids is 2. The van der Waals surface area contributed by atoms with Crippen LogP contribution in [0.5, 0.6) is 0 Å². The number of benzene rings is 2. The lowest BCUT2D eigenvalue weighted by molar-refractivity contribution is -0.124. The highest BCUT2D eigenvalue weighted by Crippen LogP contribution is 2.15. The topological polar surface area (TPSA) is 86.3 Å². The number of aromatic amines is 1. The maximum atomic E-state index is 11.9. The Kier molecular flexibility index (Phi) is 5.43. The second-order valence-electron chi connectivity index (χ2n) is 5.95. The Balaban J connectivity index is 1.47. The summed E-state index contributed by atoms with van der Waals surface area (Å²) in [5, 5.41) is 7.80. The van der Waals surface area contributed by atoms with Crippen LogP contribution in [0.4, 0.5) is 5.69 Å². The summed E-state index contributed by atoms with van der Waals surface area (Å²) in [6.45, 7) is 1.92. The molecule has 0 fully saturated rings. The molecule has 26 heavy (non-hydrogen) atoms. The number of hydrazone groups is 1. The molecule has 2 aromatic carbocycles. The lowest BCUT2D eigenvalue weighted by Crippen LogP contribution is -2.20. The van der Waals surface area contributed by atoms with Crippen LogP contribution in [0, 0.1) is 6.92 Å². The third-order valence-corrected chi connectivity index (χ3v) is 4.01. The Morgan fingerprint density at radius 3 is 2.62 bits per heavy atom. The third kappa shape index (κ3) is 4.36. The first-order valence-corrected chi connectivity index (χ1v) is 8.37. The molecule has 0 aliphatic rings. The molecule has 1 aromatic heterocycles. The Bertz CT molecular complexity index is 959. The van der Waals surface area contributed by atoms with Gasteiger partial charge < -0.3 is 10.3 Å². The molecule has 2 amide bonds. The molecule has 3 rings (SSSR count). The van der Waals surface area contributed by atoms with E-state index in [4.69, 9.17) is 0 Å². The van der Waals surface area contributed by atoms with E-state index in [-0.39, 0.29) is 24.7 Å². The fourth-order valence-electron chi connectivity index (χ4n) is 2.58. The van der Waals surface area contributed by atoms with Crippen molar-refractivity contribution in [3.63, 3.8) is 0 Å². The van der Waals surface area contributed by atoms with Gasteiger partial charge in [0.05, 0.1) is 6.21 Å². The van der Waals surface area contributed by atoms with E-state index in [0.29, 0.717) is 0 Å². The minimum atomic E-state index is -0.305. The zero-order valence-electron chi connectivity index (χ0n) is 14.5. The van der Waals surface area contributed by atoms with E-state index in [9.17, 15) is 9.59 Å². The highest BCUT2D eigenvalue weighted by Gasteiger charge is 2.08. The summed E-state index contributed by atoms with van der Waals surface area (Å²) in [5.41, 5.74) is 6.09. The molecule has 0 unspecified atom stereocenters. The predicted molar refractivity (Wildman–Crippen MR) is 103 cm³/mol. The Morgan fingerprint density at radius 2 is 1.77 bits per heavy atom. The van der Waals surface area contributed by atoms with Crippen LogP contribution in [-0.4, -0.2) is 23.0 Å². The highest BCUT2D eigenvalue weighted by molar-refractivity contribution is 5.99. The first kappa shape index (κ1) is 17.4. The molecule has 3 aromatic rings. The maximum absolute atomic E-state index is 11.9. The monoisotopic (exact) mass is 348 g/mol. The van der Waals surface area contributed by atoms with Crippen molar-refractivity contribution in [2.45, 2.75) is 19.8 Å². The molecule has 6 nitrogen and oxygen atoms in total. The van der Waals surface area contributed by atoms with Crippen molar-refractivity contribution in [3.05, 3.63) is 65.9 Å². The van der Waals surface area contributed by atoms with Crippen LogP contribution in [-0.2, 0) is 9.59 Å². The van der Waals surface area contributed by atoms with Crippen LogP contribution >= 0.6 is 0 Å². The zero-order valence-corrected chi connectivity index (χ0v) is 14.5. The summed E-state index contributed by atoms with van der Waals surface area (Å²) in [6, 6.07) is 15.4. The maximum Gasteiger partial charge on any atom is 0.240 e. The second-order valence-corrected chi connectivity index (χ2v) is 5.95. The molecule has 0 radical (unpaired) electrons. The predicted octanol–water partition coefficient (Wildman–Crippen LogP) is 3.35. The van der Waals surface area contributed by atoms with Crippen LogP contribution in [0.2, 0.25) is 0 Å². The van der Waals surface area contributed by atoms with Gasteiger partial charge in [-0.1, -0.05) is 36.4 Å². The largest absolute Gasteiger partial charge is 0.361 e. The van der Waals surface area contributed by atoms with Crippen LogP contribution in [0.25, 0.3) is 10.9 Å². The van der Waals surface area contributed by atoms with E-state index in [0.717, 1.165) is 27.7 Å². The first-order chi connectivity index (χ1) is 12.6. The first-order valence-electron chi connectivity index (χ1n) is 8.37. The van der Waals surface area contributed by atoms with Gasteiger partial charge in [-0.25, -0.2) is 5.43 Å². The molecule has 6 heteroatoms. The molecule has 0 saturated carbocycles. The molecule has 0 aliphatic heterocycles. The molecule has 0 aliphatic carbocycles. The molecule has 0 bridgehead atoms. The van der Waals surface area contributed by atoms with Crippen molar-refractivity contribution in [2.75, 3.05) is 5.32 Å². The number of para-hydroxylation sites is 2. The number of nitrogens with one attached hydrogen (secondary N) is 3. The normalized spacial score (nSPS) is 11.0. The van der Waals surface area contributed by atoms with E-state index in [1.54, 1.807) is 6.21 Å². The lowest BCUT2D eigenvalue weighted by Gasteiger charge is -2.07. The van der Waals surface area contributed by atoms with Gasteiger partial charge in [-0.3, -0.25) is 9.59 Å². The number of nitrogens with zero attached hydrogens (tertiary/aromatic N) is 1. The summed E-state index contributed by atoms with van der Waals surface area (Å²) in [4.78, 5) is 26.9. The number of aryl methyl sites for hydroxylation is 1. The summed E-state index contributed by atoms with van der Waals surface area (Å²) in [6.07, 6.45) is 3.59. The molecule has 132 valence electrons. The number of anilines is 1. The summed E-state index contributed by atoms with van der Waals surface area (Å²) in [7, 11) is 0. The zero-order chi connectivity index (χ0) is 18.4. The average molecular weight is 348 g/mol. The number of amides is 2. The minimum Gasteiger partial charge on any atom is -0.361 e. The number of fused-ring (bicyclic) bond motifs is 1. The van der Waals surface area contributed by atoms with Gasteiger partial charge in [0.25, 0.3) is 0 Å². The molecule has 0 spiro atoms. The van der Waals surface area contributed by atoms with Crippen molar-refractivity contribution in [2.24, 2.45) is 5.10 Å². The Hall–Kier alpha value is -3.41. The van der Waals surface area contributed by atoms with Gasteiger partial charge in [-0.05, 0) is 24.6 Å². The van der Waals surface area contributed by atoms with Crippen molar-refractivity contribution < 1.29 is 9.59 Å². The SMILES string of the molecule is Cc1ccccc1NC(=O)CCC(=O)N/N=C\c1c[nH]c2ccccc12. The van der Waals surface area contributed by atoms with Gasteiger partial charge in [-0.15, -0.1) is 0 Å². The van der Waals surface area contributed by atoms with Crippen molar-refractivity contribution in [1.29, 1.82) is 0 Å². The van der Waals surface area contributed by atoms with E-state index >= 15 is 0 Å². The fraction of sp³-hybridized carbons (Fsp3) is 0.150. The summed E-state index contributed by atoms with van der Waals surface area (Å²) >= 11 is 0. The van der Waals surface area contributed by atoms with Gasteiger partial charge in [0, 0.05) is 41.2 Å². The van der Waals surface area contributed by atoms with Crippen molar-refractivity contribution in [3.8, 4) is 0 Å². The van der Waals surface area contributed by atoms with Crippen LogP contribution in [0.1, 0.15) is 24.0 Å². The summed E-state index contributed by atoms with van der Waals surface area (Å²) < 4.78 is 0. The molecule has 1 heterocycles. The fourth-order valence-corrected chi connectivity index (χ4v) is 2.58. The Morgan fingerprint density at radius 1 is 1.04 bits per heavy atom. The second kappa shape index (κ2) is 8.11. The standard InChI is InChI=1S/C20H20N4O2/c1-14-6-2-4-8-17(14)23-19(25)10-11-20(26)24-22-13-15-12-21-18-9-5-3-7-16(15)18/h2-9,12-13,21H,10-11H2,1H3,(H,23,25)(H,24,26)/b22-13-. The summed E-state index contributed by atoms with van der Waals surface area (Å²) in [5.74, 6) is -0.504. The van der Waals surface area contributed by atoms with E-state index in [2.05, 4.69) is 20.8 Å². The van der Waals surface area contributed by atoms with Gasteiger partial charge in [0.2, 0.25) is 11.8 Å². The number of hydrogen-bond donors (Lipinski definition) is 3. The molecular weight excluding hydrogens is 328 g/mol. The van der Waals surface area contributed by atoms with E-state index in [1.807, 2.05) is 61.7 Å². The van der Waals surface area contributed by atoms with Crippen LogP contribution in [0.3, 0.4) is 0 Å².